The molecule has 0 aromatic heterocycles. The number of anilines is 4. The molecule has 0 N–H and O–H groups in total. The third-order valence-electron chi connectivity index (χ3n) is 12.5. The highest BCUT2D eigenvalue weighted by Crippen LogP contribution is 2.50. The van der Waals surface area contributed by atoms with E-state index in [1.807, 2.05) is 0 Å². The van der Waals surface area contributed by atoms with Gasteiger partial charge in [-0.15, -0.1) is 0 Å². The van der Waals surface area contributed by atoms with E-state index >= 15 is 0 Å². The molecule has 0 atom stereocenters. The molecule has 0 saturated carbocycles. The fourth-order valence-corrected chi connectivity index (χ4v) is 9.97. The first-order valence-electron chi connectivity index (χ1n) is 20.2. The van der Waals surface area contributed by atoms with Crippen LogP contribution in [-0.2, 0) is 0 Å². The molecule has 0 fully saturated rings. The lowest BCUT2D eigenvalue weighted by atomic mass is 9.87. The summed E-state index contributed by atoms with van der Waals surface area (Å²) in [7, 11) is 0. The Labute approximate surface area is 337 Å². The highest BCUT2D eigenvalue weighted by atomic mass is 15.4. The summed E-state index contributed by atoms with van der Waals surface area (Å²) in [5.74, 6) is 0. The Morgan fingerprint density at radius 3 is 1.07 bits per heavy atom. The molecule has 0 heterocycles. The van der Waals surface area contributed by atoms with Gasteiger partial charge in [-0.3, -0.25) is 0 Å². The van der Waals surface area contributed by atoms with Gasteiger partial charge in [0.05, 0.1) is 0 Å². The molecule has 0 spiro atoms. The van der Waals surface area contributed by atoms with Crippen LogP contribution >= 0.6 is 0 Å². The normalized spacial score (nSPS) is 14.0. The van der Waals surface area contributed by atoms with Crippen LogP contribution in [0.3, 0.4) is 0 Å². The van der Waals surface area contributed by atoms with Crippen molar-refractivity contribution in [3.63, 3.8) is 0 Å². The lowest BCUT2D eigenvalue weighted by Crippen LogP contribution is -2.57. The van der Waals surface area contributed by atoms with Crippen LogP contribution < -0.4 is 9.80 Å². The standard InChI is InChI=1S/C56H38N2/c1-4-12-38(13-5-1)39-30-32-56(33-31-39,57(48-18-6-2-7-19-48)50-34-44-26-22-40-14-10-15-41-23-27-45(35-50)54(44)52(40)41)58(49-20-8-3-9-21-49)51-36-46-28-24-42-16-11-17-43-25-29-47(37-51)55(46)53(42)43/h1-32,34-37H,33H2. The first kappa shape index (κ1) is 32.8. The Morgan fingerprint density at radius 2 is 0.690 bits per heavy atom. The van der Waals surface area contributed by atoms with Crippen LogP contribution in [0, 0.1) is 0 Å². The monoisotopic (exact) mass is 738 g/mol. The van der Waals surface area contributed by atoms with Crippen molar-refractivity contribution in [1.29, 1.82) is 0 Å². The maximum absolute atomic E-state index is 2.59. The second kappa shape index (κ2) is 12.8. The zero-order chi connectivity index (χ0) is 38.2. The third kappa shape index (κ3) is 4.98. The van der Waals surface area contributed by atoms with Gasteiger partial charge in [0.15, 0.2) is 0 Å². The summed E-state index contributed by atoms with van der Waals surface area (Å²) >= 11 is 0. The van der Waals surface area contributed by atoms with E-state index in [0.29, 0.717) is 6.42 Å². The summed E-state index contributed by atoms with van der Waals surface area (Å²) in [6.07, 6.45) is 7.97. The molecule has 0 radical (unpaired) electrons. The minimum Gasteiger partial charge on any atom is -0.314 e. The Morgan fingerprint density at radius 1 is 0.328 bits per heavy atom. The molecule has 2 heteroatoms. The Kier molecular flexibility index (Phi) is 7.24. The molecule has 11 aromatic carbocycles. The second-order valence-corrected chi connectivity index (χ2v) is 15.7. The van der Waals surface area contributed by atoms with Crippen LogP contribution in [0.2, 0.25) is 0 Å². The Balaban J connectivity index is 1.16. The van der Waals surface area contributed by atoms with Crippen molar-refractivity contribution in [1.82, 2.24) is 0 Å². The topological polar surface area (TPSA) is 6.48 Å². The van der Waals surface area contributed by atoms with E-state index in [-0.39, 0.29) is 0 Å². The molecule has 1 aliphatic carbocycles. The number of hydrogen-bond acceptors (Lipinski definition) is 2. The number of benzene rings is 11. The molecule has 12 rings (SSSR count). The lowest BCUT2D eigenvalue weighted by molar-refractivity contribution is 0.526. The van der Waals surface area contributed by atoms with Crippen molar-refractivity contribution < 1.29 is 0 Å². The predicted molar refractivity (Wildman–Crippen MR) is 248 cm³/mol. The minimum atomic E-state index is -0.720. The molecular weight excluding hydrogens is 701 g/mol. The van der Waals surface area contributed by atoms with Crippen LogP contribution in [0.15, 0.2) is 218 Å². The Hall–Kier alpha value is -7.42. The van der Waals surface area contributed by atoms with Crippen molar-refractivity contribution in [2.45, 2.75) is 12.1 Å². The fraction of sp³-hybridized carbons (Fsp3) is 0.0357. The van der Waals surface area contributed by atoms with E-state index in [1.165, 1.54) is 75.8 Å². The fourth-order valence-electron chi connectivity index (χ4n) is 9.97. The van der Waals surface area contributed by atoms with Gasteiger partial charge in [0, 0.05) is 29.2 Å². The molecule has 1 aliphatic rings. The van der Waals surface area contributed by atoms with E-state index in [0.717, 1.165) is 22.7 Å². The van der Waals surface area contributed by atoms with E-state index in [2.05, 4.69) is 228 Å². The summed E-state index contributed by atoms with van der Waals surface area (Å²) in [5.41, 5.74) is 6.24. The number of rotatable bonds is 7. The van der Waals surface area contributed by atoms with Crippen molar-refractivity contribution >= 4 is 93.0 Å². The number of allylic oxidation sites excluding steroid dienone is 2. The summed E-state index contributed by atoms with van der Waals surface area (Å²) in [6, 6.07) is 74.0. The van der Waals surface area contributed by atoms with Gasteiger partial charge in [-0.25, -0.2) is 0 Å². The predicted octanol–water partition coefficient (Wildman–Crippen LogP) is 15.2. The highest BCUT2D eigenvalue weighted by Gasteiger charge is 2.44. The van der Waals surface area contributed by atoms with Crippen molar-refractivity contribution in [2.75, 3.05) is 9.80 Å². The molecule has 58 heavy (non-hydrogen) atoms. The van der Waals surface area contributed by atoms with Crippen LogP contribution in [0.4, 0.5) is 22.7 Å². The summed E-state index contributed by atoms with van der Waals surface area (Å²) in [4.78, 5) is 5.18. The number of para-hydroxylation sites is 2. The molecule has 0 unspecified atom stereocenters. The van der Waals surface area contributed by atoms with Gasteiger partial charge in [0.1, 0.15) is 5.66 Å². The number of nitrogens with zero attached hydrogens (tertiary/aromatic N) is 2. The highest BCUT2D eigenvalue weighted by molar-refractivity contribution is 6.25. The average molecular weight is 739 g/mol. The zero-order valence-electron chi connectivity index (χ0n) is 31.9. The summed E-state index contributed by atoms with van der Waals surface area (Å²) < 4.78 is 0. The maximum atomic E-state index is 2.59. The van der Waals surface area contributed by atoms with E-state index in [9.17, 15) is 0 Å². The molecule has 11 aromatic rings. The van der Waals surface area contributed by atoms with Crippen molar-refractivity contribution in [2.24, 2.45) is 0 Å². The minimum absolute atomic E-state index is 0.716. The van der Waals surface area contributed by atoms with Gasteiger partial charge in [0.25, 0.3) is 0 Å². The van der Waals surface area contributed by atoms with Gasteiger partial charge in [-0.2, -0.15) is 0 Å². The van der Waals surface area contributed by atoms with Crippen LogP contribution in [0.1, 0.15) is 12.0 Å². The van der Waals surface area contributed by atoms with E-state index in [4.69, 9.17) is 0 Å². The maximum Gasteiger partial charge on any atom is 0.145 e. The largest absolute Gasteiger partial charge is 0.314 e. The SMILES string of the molecule is C1=CC(N(c2ccccc2)c2cc3ccc4cccc5ccc(c2)c3c45)(N(c2ccccc2)c2cc3ccc4cccc5ccc(c2)c3c45)CC=C1c1ccccc1. The van der Waals surface area contributed by atoms with Crippen molar-refractivity contribution in [3.05, 3.63) is 224 Å². The summed E-state index contributed by atoms with van der Waals surface area (Å²) in [6.45, 7) is 0. The van der Waals surface area contributed by atoms with Gasteiger partial charge in [0.2, 0.25) is 0 Å². The quantitative estimate of drug-likeness (QED) is 0.119. The van der Waals surface area contributed by atoms with Gasteiger partial charge < -0.3 is 9.80 Å². The van der Waals surface area contributed by atoms with Crippen LogP contribution in [0.25, 0.3) is 70.2 Å². The van der Waals surface area contributed by atoms with Gasteiger partial charge >= 0.3 is 0 Å². The third-order valence-corrected chi connectivity index (χ3v) is 12.5. The van der Waals surface area contributed by atoms with Gasteiger partial charge in [-0.1, -0.05) is 164 Å². The Bertz CT molecular complexity index is 3050. The van der Waals surface area contributed by atoms with Crippen LogP contribution in [-0.4, -0.2) is 5.66 Å². The second-order valence-electron chi connectivity index (χ2n) is 15.7. The smallest absolute Gasteiger partial charge is 0.145 e. The molecule has 0 saturated heterocycles. The van der Waals surface area contributed by atoms with Crippen molar-refractivity contribution in [3.8, 4) is 0 Å². The van der Waals surface area contributed by atoms with E-state index < -0.39 is 5.66 Å². The molecule has 0 bridgehead atoms. The first-order chi connectivity index (χ1) is 28.7. The average Bonchev–Trinajstić information content (AvgIpc) is 3.29. The van der Waals surface area contributed by atoms with E-state index in [1.54, 1.807) is 0 Å². The zero-order valence-corrected chi connectivity index (χ0v) is 31.9. The van der Waals surface area contributed by atoms with Gasteiger partial charge in [-0.05, 0) is 130 Å². The lowest BCUT2D eigenvalue weighted by Gasteiger charge is -2.52. The molecule has 2 nitrogen and oxygen atoms in total. The number of hydrogen-bond donors (Lipinski definition) is 0. The molecule has 0 amide bonds. The first-order valence-corrected chi connectivity index (χ1v) is 20.2. The van der Waals surface area contributed by atoms with Crippen LogP contribution in [0.5, 0.6) is 0 Å². The molecular formula is C56H38N2. The molecule has 0 aliphatic heterocycles. The molecule has 272 valence electrons. The summed E-state index contributed by atoms with van der Waals surface area (Å²) in [5, 5.41) is 15.4.